The summed E-state index contributed by atoms with van der Waals surface area (Å²) >= 11 is 0. The van der Waals surface area contributed by atoms with Crippen LogP contribution in [0.2, 0.25) is 0 Å². The van der Waals surface area contributed by atoms with Crippen molar-refractivity contribution in [1.29, 1.82) is 0 Å². The van der Waals surface area contributed by atoms with Crippen LogP contribution >= 0.6 is 0 Å². The van der Waals surface area contributed by atoms with Crippen LogP contribution in [0.25, 0.3) is 0 Å². The van der Waals surface area contributed by atoms with Gasteiger partial charge >= 0.3 is 5.97 Å². The summed E-state index contributed by atoms with van der Waals surface area (Å²) in [6, 6.07) is 0. The minimum absolute atomic E-state index is 0.0147. The Labute approximate surface area is 202 Å². The van der Waals surface area contributed by atoms with Crippen LogP contribution in [-0.4, -0.2) is 58.9 Å². The molecule has 0 saturated carbocycles. The molecule has 0 aromatic rings. The second-order valence-electron chi connectivity index (χ2n) is 9.83. The van der Waals surface area contributed by atoms with Gasteiger partial charge in [-0.15, -0.1) is 0 Å². The first-order valence-corrected chi connectivity index (χ1v) is 13.9. The van der Waals surface area contributed by atoms with Crippen LogP contribution in [0, 0.1) is 0 Å². The summed E-state index contributed by atoms with van der Waals surface area (Å²) in [7, 11) is 0. The maximum Gasteiger partial charge on any atom is 0.306 e. The van der Waals surface area contributed by atoms with Gasteiger partial charge < -0.3 is 24.8 Å². The van der Waals surface area contributed by atoms with Crippen molar-refractivity contribution < 1.29 is 29.6 Å². The molecule has 1 aliphatic heterocycles. The van der Waals surface area contributed by atoms with Gasteiger partial charge in [0.05, 0.1) is 13.2 Å². The summed E-state index contributed by atoms with van der Waals surface area (Å²) < 4.78 is 10.5. The zero-order valence-corrected chi connectivity index (χ0v) is 21.2. The van der Waals surface area contributed by atoms with Crippen molar-refractivity contribution in [2.24, 2.45) is 0 Å². The first kappa shape index (κ1) is 30.3. The van der Waals surface area contributed by atoms with Gasteiger partial charge in [-0.05, 0) is 6.42 Å². The van der Waals surface area contributed by atoms with Crippen molar-refractivity contribution in [3.05, 3.63) is 0 Å². The number of aliphatic hydroxyl groups excluding tert-OH is 3. The monoisotopic (exact) mass is 472 g/mol. The Balaban J connectivity index is 1.84. The lowest BCUT2D eigenvalue weighted by atomic mass is 10.0. The van der Waals surface area contributed by atoms with Crippen LogP contribution < -0.4 is 0 Å². The molecule has 1 saturated heterocycles. The highest BCUT2D eigenvalue weighted by atomic mass is 16.6. The molecular weight excluding hydrogens is 420 g/mol. The minimum atomic E-state index is -1.14. The fourth-order valence-corrected chi connectivity index (χ4v) is 4.56. The summed E-state index contributed by atoms with van der Waals surface area (Å²) in [6.07, 6.45) is 19.8. The quantitative estimate of drug-likeness (QED) is 0.143. The number of hydrogen-bond donors (Lipinski definition) is 3. The maximum absolute atomic E-state index is 12.0. The fraction of sp³-hybridized carbons (Fsp3) is 0.963. The van der Waals surface area contributed by atoms with Crippen molar-refractivity contribution in [3.8, 4) is 0 Å². The number of esters is 1. The first-order chi connectivity index (χ1) is 16.1. The third kappa shape index (κ3) is 15.0. The Kier molecular flexibility index (Phi) is 19.0. The summed E-state index contributed by atoms with van der Waals surface area (Å²) in [6.45, 7) is 1.83. The van der Waals surface area contributed by atoms with E-state index in [0.29, 0.717) is 6.42 Å². The molecule has 3 N–H and O–H groups in total. The molecule has 0 bridgehead atoms. The van der Waals surface area contributed by atoms with Crippen LogP contribution in [-0.2, 0) is 14.3 Å². The van der Waals surface area contributed by atoms with E-state index >= 15 is 0 Å². The summed E-state index contributed by atoms with van der Waals surface area (Å²) in [5.74, 6) is -0.386. The van der Waals surface area contributed by atoms with Gasteiger partial charge in [-0.1, -0.05) is 116 Å². The largest absolute Gasteiger partial charge is 0.457 e. The minimum Gasteiger partial charge on any atom is -0.457 e. The highest BCUT2D eigenvalue weighted by Gasteiger charge is 2.41. The lowest BCUT2D eigenvalue weighted by Crippen LogP contribution is -2.43. The second-order valence-corrected chi connectivity index (χ2v) is 9.83. The Morgan fingerprint density at radius 3 is 1.58 bits per heavy atom. The smallest absolute Gasteiger partial charge is 0.306 e. The molecule has 1 heterocycles. The summed E-state index contributed by atoms with van der Waals surface area (Å²) in [5, 5.41) is 28.8. The van der Waals surface area contributed by atoms with Crippen molar-refractivity contribution in [3.63, 3.8) is 0 Å². The average molecular weight is 473 g/mol. The van der Waals surface area contributed by atoms with Gasteiger partial charge in [0.15, 0.2) is 6.10 Å². The van der Waals surface area contributed by atoms with Gasteiger partial charge in [0.1, 0.15) is 18.3 Å². The molecule has 0 radical (unpaired) electrons. The van der Waals surface area contributed by atoms with E-state index in [9.17, 15) is 20.1 Å². The number of aliphatic hydroxyl groups is 3. The molecule has 6 heteroatoms. The summed E-state index contributed by atoms with van der Waals surface area (Å²) in [4.78, 5) is 12.0. The Morgan fingerprint density at radius 1 is 0.788 bits per heavy atom. The molecule has 0 spiro atoms. The molecule has 0 aromatic carbocycles. The lowest BCUT2D eigenvalue weighted by Gasteiger charge is -2.24. The van der Waals surface area contributed by atoms with E-state index in [0.717, 1.165) is 19.3 Å². The van der Waals surface area contributed by atoms with E-state index in [1.54, 1.807) is 0 Å². The summed E-state index contributed by atoms with van der Waals surface area (Å²) in [5.41, 5.74) is 0. The van der Waals surface area contributed by atoms with E-state index in [2.05, 4.69) is 6.92 Å². The van der Waals surface area contributed by atoms with Gasteiger partial charge in [0, 0.05) is 6.42 Å². The van der Waals surface area contributed by atoms with Gasteiger partial charge in [-0.3, -0.25) is 4.79 Å². The van der Waals surface area contributed by atoms with Crippen LogP contribution in [0.5, 0.6) is 0 Å². The SMILES string of the molecule is CCCCCCCCCCCCCCCCCCCCC(=O)O[C@H](CO)[C@H]1OC[C@H](O)[C@H]1O. The van der Waals surface area contributed by atoms with Crippen molar-refractivity contribution in [2.45, 2.75) is 153 Å². The fourth-order valence-electron chi connectivity index (χ4n) is 4.56. The highest BCUT2D eigenvalue weighted by Crippen LogP contribution is 2.20. The number of rotatable bonds is 22. The van der Waals surface area contributed by atoms with Crippen LogP contribution in [0.4, 0.5) is 0 Å². The second kappa shape index (κ2) is 20.7. The molecule has 1 fully saturated rings. The molecule has 0 amide bonds. The Morgan fingerprint density at radius 2 is 1.21 bits per heavy atom. The molecule has 0 unspecified atom stereocenters. The Bertz CT molecular complexity index is 458. The van der Waals surface area contributed by atoms with Gasteiger partial charge in [-0.2, -0.15) is 0 Å². The highest BCUT2D eigenvalue weighted by molar-refractivity contribution is 5.69. The molecule has 33 heavy (non-hydrogen) atoms. The predicted octanol–water partition coefficient (Wildman–Crippen LogP) is 5.44. The van der Waals surface area contributed by atoms with Gasteiger partial charge in [-0.25, -0.2) is 0 Å². The van der Waals surface area contributed by atoms with E-state index in [1.165, 1.54) is 96.3 Å². The van der Waals surface area contributed by atoms with E-state index < -0.39 is 31.0 Å². The molecule has 4 atom stereocenters. The number of unbranched alkanes of at least 4 members (excludes halogenated alkanes) is 17. The molecule has 0 aliphatic carbocycles. The third-order valence-corrected chi connectivity index (χ3v) is 6.75. The molecule has 1 rings (SSSR count). The normalized spacial score (nSPS) is 21.4. The van der Waals surface area contributed by atoms with Crippen molar-refractivity contribution in [2.75, 3.05) is 13.2 Å². The lowest BCUT2D eigenvalue weighted by molar-refractivity contribution is -0.162. The molecule has 0 aromatic heterocycles. The van der Waals surface area contributed by atoms with E-state index in [-0.39, 0.29) is 12.6 Å². The average Bonchev–Trinajstić information content (AvgIpc) is 3.14. The zero-order chi connectivity index (χ0) is 24.2. The van der Waals surface area contributed by atoms with Crippen molar-refractivity contribution in [1.82, 2.24) is 0 Å². The van der Waals surface area contributed by atoms with Crippen LogP contribution in [0.15, 0.2) is 0 Å². The van der Waals surface area contributed by atoms with Crippen LogP contribution in [0.1, 0.15) is 129 Å². The van der Waals surface area contributed by atoms with E-state index in [4.69, 9.17) is 9.47 Å². The maximum atomic E-state index is 12.0. The number of carbonyl (C=O) groups is 1. The topological polar surface area (TPSA) is 96.2 Å². The standard InChI is InChI=1S/C27H52O6/c1-2-3-4-5-6-7-8-9-10-11-12-13-14-15-16-17-18-19-20-25(30)33-24(21-28)27-26(31)23(29)22-32-27/h23-24,26-29,31H,2-22H2,1H3/t23-,24+,26+,27+/m0/s1. The number of ether oxygens (including phenoxy) is 2. The van der Waals surface area contributed by atoms with Crippen molar-refractivity contribution >= 4 is 5.97 Å². The molecular formula is C27H52O6. The van der Waals surface area contributed by atoms with Gasteiger partial charge in [0.2, 0.25) is 0 Å². The zero-order valence-electron chi connectivity index (χ0n) is 21.2. The van der Waals surface area contributed by atoms with E-state index in [1.807, 2.05) is 0 Å². The Hall–Kier alpha value is -0.690. The number of hydrogen-bond acceptors (Lipinski definition) is 6. The molecule has 1 aliphatic rings. The first-order valence-electron chi connectivity index (χ1n) is 13.9. The number of carbonyl (C=O) groups excluding carboxylic acids is 1. The molecule has 196 valence electrons. The van der Waals surface area contributed by atoms with Gasteiger partial charge in [0.25, 0.3) is 0 Å². The van der Waals surface area contributed by atoms with Crippen LogP contribution in [0.3, 0.4) is 0 Å². The molecule has 6 nitrogen and oxygen atoms in total. The predicted molar refractivity (Wildman–Crippen MR) is 132 cm³/mol. The third-order valence-electron chi connectivity index (χ3n) is 6.75.